The number of rotatable bonds is 7. The van der Waals surface area contributed by atoms with Crippen molar-refractivity contribution in [2.75, 3.05) is 13.1 Å². The Balaban J connectivity index is 1.37. The highest BCUT2D eigenvalue weighted by atomic mass is 16.6. The largest absolute Gasteiger partial charge is 0.480 e. The Labute approximate surface area is 229 Å². The van der Waals surface area contributed by atoms with E-state index in [1.54, 1.807) is 0 Å². The molecule has 0 saturated carbocycles. The first kappa shape index (κ1) is 27.9. The van der Waals surface area contributed by atoms with E-state index >= 15 is 0 Å². The van der Waals surface area contributed by atoms with Gasteiger partial charge < -0.3 is 20.1 Å². The van der Waals surface area contributed by atoms with Crippen molar-refractivity contribution in [3.63, 3.8) is 0 Å². The molecule has 2 N–H and O–H groups in total. The molecule has 7 nitrogen and oxygen atoms in total. The summed E-state index contributed by atoms with van der Waals surface area (Å²) in [7, 11) is 0. The maximum Gasteiger partial charge on any atom is 0.415 e. The van der Waals surface area contributed by atoms with Crippen molar-refractivity contribution in [3.8, 4) is 16.9 Å². The van der Waals surface area contributed by atoms with E-state index in [-0.39, 0.29) is 18.9 Å². The van der Waals surface area contributed by atoms with E-state index in [0.29, 0.717) is 25.1 Å². The van der Waals surface area contributed by atoms with Crippen molar-refractivity contribution in [2.45, 2.75) is 53.0 Å². The SMILES string of the molecule is Cc1cc(C)c(OC(=O)N2CCCC(C(=O)N[C@@H](Cc3ccc(-c4ccccc4C)cc3)C(=O)O)C2)c(C)c1. The van der Waals surface area contributed by atoms with E-state index in [1.807, 2.05) is 69.3 Å². The van der Waals surface area contributed by atoms with Crippen LogP contribution >= 0.6 is 0 Å². The number of ether oxygens (including phenoxy) is 1. The monoisotopic (exact) mass is 528 g/mol. The van der Waals surface area contributed by atoms with Crippen LogP contribution in [0.3, 0.4) is 0 Å². The van der Waals surface area contributed by atoms with Crippen molar-refractivity contribution in [2.24, 2.45) is 5.92 Å². The Morgan fingerprint density at radius 2 is 1.64 bits per heavy atom. The molecule has 3 aromatic carbocycles. The standard InChI is InChI=1S/C32H36N2O5/c1-20-16-22(3)29(23(4)17-20)39-32(38)34-15-7-9-26(19-34)30(35)33-28(31(36)37)18-24-11-13-25(14-12-24)27-10-6-5-8-21(27)2/h5-6,8,10-14,16-17,26,28H,7,9,15,18-19H2,1-4H3,(H,33,35)(H,36,37)/t26?,28-/m0/s1. The van der Waals surface area contributed by atoms with Gasteiger partial charge in [0.1, 0.15) is 11.8 Å². The minimum absolute atomic E-state index is 0.166. The van der Waals surface area contributed by atoms with Crippen LogP contribution < -0.4 is 10.1 Å². The van der Waals surface area contributed by atoms with Crippen LogP contribution in [0.15, 0.2) is 60.7 Å². The minimum atomic E-state index is -1.09. The van der Waals surface area contributed by atoms with E-state index < -0.39 is 24.0 Å². The molecular formula is C32H36N2O5. The second-order valence-electron chi connectivity index (χ2n) is 10.5. The molecule has 7 heteroatoms. The Morgan fingerprint density at radius 3 is 2.28 bits per heavy atom. The van der Waals surface area contributed by atoms with Gasteiger partial charge in [-0.2, -0.15) is 0 Å². The summed E-state index contributed by atoms with van der Waals surface area (Å²) in [5.74, 6) is -1.42. The van der Waals surface area contributed by atoms with Crippen LogP contribution in [-0.2, 0) is 16.0 Å². The number of carboxylic acid groups (broad SMARTS) is 1. The van der Waals surface area contributed by atoms with Crippen molar-refractivity contribution in [3.05, 3.63) is 88.5 Å². The van der Waals surface area contributed by atoms with Gasteiger partial charge in [-0.3, -0.25) is 4.79 Å². The first-order chi connectivity index (χ1) is 18.6. The lowest BCUT2D eigenvalue weighted by atomic mass is 9.95. The normalized spacial score (nSPS) is 15.9. The molecule has 1 aliphatic heterocycles. The molecule has 1 aliphatic rings. The quantitative estimate of drug-likeness (QED) is 0.416. The maximum absolute atomic E-state index is 13.1. The molecule has 0 aromatic heterocycles. The van der Waals surface area contributed by atoms with Gasteiger partial charge >= 0.3 is 12.1 Å². The highest BCUT2D eigenvalue weighted by Gasteiger charge is 2.32. The Kier molecular flexibility index (Phi) is 8.69. The fraction of sp³-hybridized carbons (Fsp3) is 0.344. The number of nitrogens with zero attached hydrogens (tertiary/aromatic N) is 1. The highest BCUT2D eigenvalue weighted by Crippen LogP contribution is 2.27. The van der Waals surface area contributed by atoms with Crippen molar-refractivity contribution < 1.29 is 24.2 Å². The Bertz CT molecular complexity index is 1340. The van der Waals surface area contributed by atoms with Gasteiger partial charge in [-0.1, -0.05) is 66.2 Å². The zero-order valence-electron chi connectivity index (χ0n) is 23.0. The predicted molar refractivity (Wildman–Crippen MR) is 151 cm³/mol. The molecule has 0 radical (unpaired) electrons. The van der Waals surface area contributed by atoms with Crippen LogP contribution in [0.1, 0.15) is 40.7 Å². The number of benzene rings is 3. The number of aliphatic carboxylic acids is 1. The molecule has 0 bridgehead atoms. The van der Waals surface area contributed by atoms with Gasteiger partial charge in [0.25, 0.3) is 0 Å². The lowest BCUT2D eigenvalue weighted by Crippen LogP contribution is -2.50. The fourth-order valence-corrected chi connectivity index (χ4v) is 5.28. The number of aryl methyl sites for hydroxylation is 4. The minimum Gasteiger partial charge on any atom is -0.480 e. The average Bonchev–Trinajstić information content (AvgIpc) is 2.91. The number of carbonyl (C=O) groups excluding carboxylic acids is 2. The molecule has 1 fully saturated rings. The number of carboxylic acids is 1. The molecule has 2 amide bonds. The number of carbonyl (C=O) groups is 3. The topological polar surface area (TPSA) is 95.9 Å². The van der Waals surface area contributed by atoms with Crippen LogP contribution in [0.5, 0.6) is 5.75 Å². The molecular weight excluding hydrogens is 492 g/mol. The summed E-state index contributed by atoms with van der Waals surface area (Å²) < 4.78 is 5.71. The molecule has 204 valence electrons. The number of piperidine rings is 1. The average molecular weight is 529 g/mol. The summed E-state index contributed by atoms with van der Waals surface area (Å²) in [4.78, 5) is 39.6. The third-order valence-electron chi connectivity index (χ3n) is 7.31. The molecule has 1 saturated heterocycles. The molecule has 0 spiro atoms. The lowest BCUT2D eigenvalue weighted by molar-refractivity contribution is -0.142. The molecule has 0 aliphatic carbocycles. The predicted octanol–water partition coefficient (Wildman–Crippen LogP) is 5.61. The highest BCUT2D eigenvalue weighted by molar-refractivity contribution is 5.86. The van der Waals surface area contributed by atoms with E-state index in [2.05, 4.69) is 24.4 Å². The zero-order valence-corrected chi connectivity index (χ0v) is 23.0. The molecule has 1 unspecified atom stereocenters. The number of hydrogen-bond donors (Lipinski definition) is 2. The summed E-state index contributed by atoms with van der Waals surface area (Å²) in [5, 5.41) is 12.5. The second kappa shape index (κ2) is 12.2. The smallest absolute Gasteiger partial charge is 0.415 e. The maximum atomic E-state index is 13.1. The van der Waals surface area contributed by atoms with E-state index in [1.165, 1.54) is 4.90 Å². The number of likely N-dealkylation sites (tertiary alicyclic amines) is 1. The van der Waals surface area contributed by atoms with Gasteiger partial charge in [-0.05, 0) is 73.9 Å². The van der Waals surface area contributed by atoms with Crippen LogP contribution in [0.4, 0.5) is 4.79 Å². The summed E-state index contributed by atoms with van der Waals surface area (Å²) in [6.45, 7) is 8.52. The van der Waals surface area contributed by atoms with E-state index in [9.17, 15) is 19.5 Å². The third kappa shape index (κ3) is 6.85. The zero-order chi connectivity index (χ0) is 28.1. The van der Waals surface area contributed by atoms with E-state index in [4.69, 9.17) is 4.74 Å². The molecule has 4 rings (SSSR count). The first-order valence-corrected chi connectivity index (χ1v) is 13.3. The van der Waals surface area contributed by atoms with Crippen LogP contribution in [0.25, 0.3) is 11.1 Å². The van der Waals surface area contributed by atoms with Gasteiger partial charge in [0, 0.05) is 19.5 Å². The second-order valence-corrected chi connectivity index (χ2v) is 10.5. The summed E-state index contributed by atoms with van der Waals surface area (Å²) in [6, 6.07) is 18.7. The Hall–Kier alpha value is -4.13. The lowest BCUT2D eigenvalue weighted by Gasteiger charge is -2.32. The Morgan fingerprint density at radius 1 is 0.974 bits per heavy atom. The summed E-state index contributed by atoms with van der Waals surface area (Å²) >= 11 is 0. The van der Waals surface area contributed by atoms with Gasteiger partial charge in [-0.25, -0.2) is 9.59 Å². The van der Waals surface area contributed by atoms with Crippen molar-refractivity contribution in [1.82, 2.24) is 10.2 Å². The van der Waals surface area contributed by atoms with Crippen LogP contribution in [-0.4, -0.2) is 47.1 Å². The van der Waals surface area contributed by atoms with Crippen LogP contribution in [0, 0.1) is 33.6 Å². The molecule has 39 heavy (non-hydrogen) atoms. The van der Waals surface area contributed by atoms with Gasteiger partial charge in [0.2, 0.25) is 5.91 Å². The molecule has 2 atom stereocenters. The van der Waals surface area contributed by atoms with Gasteiger partial charge in [0.15, 0.2) is 0 Å². The third-order valence-corrected chi connectivity index (χ3v) is 7.31. The van der Waals surface area contributed by atoms with Crippen molar-refractivity contribution in [1.29, 1.82) is 0 Å². The summed E-state index contributed by atoms with van der Waals surface area (Å²) in [6.07, 6.45) is 0.887. The molecule has 1 heterocycles. The first-order valence-electron chi connectivity index (χ1n) is 13.3. The van der Waals surface area contributed by atoms with Gasteiger partial charge in [-0.15, -0.1) is 0 Å². The molecule has 3 aromatic rings. The van der Waals surface area contributed by atoms with E-state index in [0.717, 1.165) is 38.9 Å². The van der Waals surface area contributed by atoms with Crippen LogP contribution in [0.2, 0.25) is 0 Å². The van der Waals surface area contributed by atoms with Crippen molar-refractivity contribution >= 4 is 18.0 Å². The fourth-order valence-electron chi connectivity index (χ4n) is 5.28. The summed E-state index contributed by atoms with van der Waals surface area (Å²) in [5.41, 5.74) is 7.01. The number of amides is 2. The van der Waals surface area contributed by atoms with Gasteiger partial charge in [0.05, 0.1) is 5.92 Å². The number of nitrogens with one attached hydrogen (secondary N) is 1. The number of hydrogen-bond acceptors (Lipinski definition) is 4.